The third kappa shape index (κ3) is 20.1. The van der Waals surface area contributed by atoms with E-state index in [0.29, 0.717) is 6.79 Å². The zero-order chi connectivity index (χ0) is 29.6. The average Bonchev–Trinajstić information content (AvgIpc) is 3.48. The van der Waals surface area contributed by atoms with Gasteiger partial charge in [-0.15, -0.1) is 0 Å². The number of allylic oxidation sites excluding steroid dienone is 1. The van der Waals surface area contributed by atoms with Gasteiger partial charge in [0.1, 0.15) is 0 Å². The van der Waals surface area contributed by atoms with Gasteiger partial charge >= 0.3 is 56.5 Å². The molecule has 11 heteroatoms. The second-order valence-electron chi connectivity index (χ2n) is 6.70. The van der Waals surface area contributed by atoms with E-state index in [9.17, 15) is 0 Å². The Balaban J connectivity index is -0.000000501. The molecule has 1 aliphatic heterocycles. The molecule has 2 aromatic rings. The van der Waals surface area contributed by atoms with E-state index in [0.717, 1.165) is 42.1 Å². The summed E-state index contributed by atoms with van der Waals surface area (Å²) in [6.45, 7) is 25.7. The smallest absolute Gasteiger partial charge is 0 e. The summed E-state index contributed by atoms with van der Waals surface area (Å²) in [5.74, 6) is 1.73. The van der Waals surface area contributed by atoms with E-state index in [1.807, 2.05) is 24.3 Å². The number of aryl methyl sites for hydroxylation is 1. The van der Waals surface area contributed by atoms with Crippen LogP contribution in [-0.2, 0) is 51.8 Å². The molecule has 0 unspecified atom stereocenters. The van der Waals surface area contributed by atoms with Crippen molar-refractivity contribution in [1.82, 2.24) is 0 Å². The van der Waals surface area contributed by atoms with Crippen LogP contribution in [0.5, 0.6) is 11.5 Å². The summed E-state index contributed by atoms with van der Waals surface area (Å²) >= 11 is 2.35. The van der Waals surface area contributed by atoms with Gasteiger partial charge in [0, 0.05) is 33.7 Å². The van der Waals surface area contributed by atoms with Gasteiger partial charge in [0.05, 0.1) is 5.69 Å². The molecular weight excluding hydrogens is 657 g/mol. The molecule has 0 bridgehead atoms. The van der Waals surface area contributed by atoms with Crippen LogP contribution in [0.4, 0.5) is 5.69 Å². The number of para-hydroxylation sites is 1. The van der Waals surface area contributed by atoms with Gasteiger partial charge in [0.2, 0.25) is 6.79 Å². The zero-order valence-electron chi connectivity index (χ0n) is 21.1. The number of benzene rings is 2. The van der Waals surface area contributed by atoms with Gasteiger partial charge in [-0.25, -0.2) is 0 Å². The Morgan fingerprint density at radius 3 is 2.10 bits per heavy atom. The minimum Gasteiger partial charge on any atom is 0 e. The van der Waals surface area contributed by atoms with Gasteiger partial charge in [-0.2, -0.15) is 0 Å². The van der Waals surface area contributed by atoms with Gasteiger partial charge in [-0.3, -0.25) is 0 Å². The molecule has 1 aliphatic rings. The molecule has 9 nitrogen and oxygen atoms in total. The number of hydrogen-bond acceptors (Lipinski definition) is 4. The fourth-order valence-corrected chi connectivity index (χ4v) is 3.65. The van der Waals surface area contributed by atoms with Crippen molar-refractivity contribution in [2.75, 3.05) is 19.2 Å². The molecule has 1 heterocycles. The van der Waals surface area contributed by atoms with Crippen LogP contribution in [0.3, 0.4) is 0 Å². The van der Waals surface area contributed by atoms with Gasteiger partial charge < -0.3 is 19.5 Å². The quantitative estimate of drug-likeness (QED) is 0.134. The fraction of sp³-hybridized carbons (Fsp3) is 0.286. The second-order valence-corrected chi connectivity index (χ2v) is 7.86. The molecule has 0 saturated carbocycles. The van der Waals surface area contributed by atoms with Gasteiger partial charge in [-0.1, -0.05) is 31.0 Å². The molecule has 2 radical (unpaired) electrons. The van der Waals surface area contributed by atoms with E-state index in [4.69, 9.17) is 37.5 Å². The minimum atomic E-state index is 0. The zero-order valence-corrected chi connectivity index (χ0v) is 24.6. The molecular formula is C28H26CrINO8. The maximum absolute atomic E-state index is 7.50. The number of rotatable bonds is 11. The first-order valence-electron chi connectivity index (χ1n) is 10.7. The second kappa shape index (κ2) is 33.5. The summed E-state index contributed by atoms with van der Waals surface area (Å²) < 4.78 is 54.5. The summed E-state index contributed by atoms with van der Waals surface area (Å²) in [5, 5.41) is 3.51. The third-order valence-electron chi connectivity index (χ3n) is 4.62. The summed E-state index contributed by atoms with van der Waals surface area (Å²) in [6.07, 6.45) is 8.67. The number of unbranched alkanes of at least 4 members (excludes halogenated alkanes) is 3. The first-order valence-corrected chi connectivity index (χ1v) is 11.7. The molecule has 1 N–H and O–H groups in total. The first-order chi connectivity index (χ1) is 18.8. The van der Waals surface area contributed by atoms with Crippen molar-refractivity contribution in [1.29, 1.82) is 0 Å². The maximum Gasteiger partial charge on any atom is 0 e. The molecule has 0 atom stereocenters. The van der Waals surface area contributed by atoms with E-state index in [1.54, 1.807) is 7.11 Å². The van der Waals surface area contributed by atoms with E-state index < -0.39 is 0 Å². The largest absolute Gasteiger partial charge is 0 e. The van der Waals surface area contributed by atoms with Crippen molar-refractivity contribution in [3.05, 3.63) is 103 Å². The van der Waals surface area contributed by atoms with Crippen molar-refractivity contribution in [3.8, 4) is 11.5 Å². The molecule has 39 heavy (non-hydrogen) atoms. The third-order valence-corrected chi connectivity index (χ3v) is 5.56. The predicted octanol–water partition coefficient (Wildman–Crippen LogP) is 6.00. The van der Waals surface area contributed by atoms with E-state index in [-0.39, 0.29) is 17.4 Å². The molecule has 2 aromatic carbocycles. The predicted molar refractivity (Wildman–Crippen MR) is 140 cm³/mol. The topological polar surface area (TPSA) is 139 Å². The molecule has 0 spiro atoms. The van der Waals surface area contributed by atoms with Crippen LogP contribution in [0.1, 0.15) is 37.7 Å². The SMILES string of the molecule is CO[C]/C=C(/CCCCCCc1ccc2c(c1)OCO2)Nc1ccccc1I.[C-]#[O+].[C-]#[O+].[C-]#[O+].[C-]#[O+].[C-]#[O+].[Cr]. The standard InChI is InChI=1S/C23H26INO3.5CO.Cr/c1-26-15-14-19(25-21-11-7-6-10-20(21)24)9-5-3-2-4-8-18-12-13-22-23(16-18)28-17-27-22;5*1-2;/h6-7,10-14,16,25H,2-5,8-9,17H2,1H3;;;;;;/b19-14-;;;;;;. The van der Waals surface area contributed by atoms with Crippen LogP contribution in [0.15, 0.2) is 54.2 Å². The van der Waals surface area contributed by atoms with Crippen molar-refractivity contribution in [2.24, 2.45) is 0 Å². The average molecular weight is 683 g/mol. The van der Waals surface area contributed by atoms with Gasteiger partial charge in [0.25, 0.3) is 0 Å². The summed E-state index contributed by atoms with van der Waals surface area (Å²) in [6, 6.07) is 14.5. The van der Waals surface area contributed by atoms with Crippen LogP contribution in [0, 0.1) is 43.4 Å². The van der Waals surface area contributed by atoms with Crippen molar-refractivity contribution in [3.63, 3.8) is 0 Å². The molecule has 0 fully saturated rings. The number of nitrogens with one attached hydrogen (secondary N) is 1. The summed E-state index contributed by atoms with van der Waals surface area (Å²) in [4.78, 5) is 0. The van der Waals surface area contributed by atoms with E-state index in [1.165, 1.54) is 28.4 Å². The Labute approximate surface area is 254 Å². The number of ether oxygens (including phenoxy) is 3. The van der Waals surface area contributed by atoms with Crippen LogP contribution in [-0.4, -0.2) is 13.9 Å². The van der Waals surface area contributed by atoms with Crippen LogP contribution in [0.25, 0.3) is 0 Å². The maximum atomic E-state index is 7.50. The molecule has 0 aliphatic carbocycles. The Bertz CT molecular complexity index is 984. The molecule has 0 amide bonds. The number of anilines is 1. The molecule has 204 valence electrons. The Kier molecular flexibility index (Phi) is 37.4. The number of fused-ring (bicyclic) bond motifs is 1. The van der Waals surface area contributed by atoms with Crippen molar-refractivity contribution >= 4 is 28.3 Å². The fourth-order valence-electron chi connectivity index (χ4n) is 3.13. The van der Waals surface area contributed by atoms with Gasteiger partial charge in [0.15, 0.2) is 18.1 Å². The van der Waals surface area contributed by atoms with Crippen LogP contribution in [0.2, 0.25) is 0 Å². The number of hydrogen-bond donors (Lipinski definition) is 1. The normalized spacial score (nSPS) is 9.59. The molecule has 0 aromatic heterocycles. The van der Waals surface area contributed by atoms with Crippen molar-refractivity contribution in [2.45, 2.75) is 38.5 Å². The monoisotopic (exact) mass is 683 g/mol. The molecule has 3 rings (SSSR count). The summed E-state index contributed by atoms with van der Waals surface area (Å²) in [7, 11) is 1.62. The van der Waals surface area contributed by atoms with Crippen LogP contribution >= 0.6 is 22.6 Å². The van der Waals surface area contributed by atoms with E-state index in [2.05, 4.69) is 92.0 Å². The van der Waals surface area contributed by atoms with Crippen molar-refractivity contribution < 1.29 is 54.8 Å². The number of halogens is 1. The van der Waals surface area contributed by atoms with Crippen LogP contribution < -0.4 is 14.8 Å². The number of methoxy groups -OCH3 is 1. The Morgan fingerprint density at radius 1 is 0.897 bits per heavy atom. The first kappa shape index (κ1) is 43.6. The Hall–Kier alpha value is -2.50. The minimum absolute atomic E-state index is 0. The van der Waals surface area contributed by atoms with Gasteiger partial charge in [-0.05, 0) is 84.2 Å². The molecule has 0 saturated heterocycles. The Morgan fingerprint density at radius 2 is 1.49 bits per heavy atom. The van der Waals surface area contributed by atoms with E-state index >= 15 is 0 Å². The summed E-state index contributed by atoms with van der Waals surface area (Å²) in [5.41, 5.74) is 3.56.